The Balaban J connectivity index is 2.68. The van der Waals surface area contributed by atoms with Gasteiger partial charge in [-0.15, -0.1) is 11.3 Å². The molecule has 0 aromatic carbocycles. The third kappa shape index (κ3) is 3.84. The molecule has 0 aliphatic rings. The summed E-state index contributed by atoms with van der Waals surface area (Å²) < 4.78 is 0. The van der Waals surface area contributed by atoms with Crippen molar-refractivity contribution in [2.24, 2.45) is 0 Å². The molecule has 0 bridgehead atoms. The number of nitrogens with one attached hydrogen (secondary N) is 1. The van der Waals surface area contributed by atoms with Crippen LogP contribution in [0.4, 0.5) is 0 Å². The number of rotatable bonds is 4. The summed E-state index contributed by atoms with van der Waals surface area (Å²) in [6, 6.07) is 4.06. The number of likely N-dealkylation sites (N-methyl/N-ethyl adjacent to an activating group) is 1. The Kier molecular flexibility index (Phi) is 4.51. The molecule has 0 aliphatic heterocycles. The molecule has 1 heterocycles. The quantitative estimate of drug-likeness (QED) is 0.907. The predicted octanol–water partition coefficient (Wildman–Crippen LogP) is 1.93. The minimum Gasteiger partial charge on any atom is -0.342 e. The first-order valence-electron chi connectivity index (χ1n) is 5.82. The summed E-state index contributed by atoms with van der Waals surface area (Å²) in [4.78, 5) is 27.3. The van der Waals surface area contributed by atoms with Crippen LogP contribution < -0.4 is 5.32 Å². The van der Waals surface area contributed by atoms with E-state index in [2.05, 4.69) is 5.32 Å². The second kappa shape index (κ2) is 5.52. The third-order valence-electron chi connectivity index (χ3n) is 2.56. The summed E-state index contributed by atoms with van der Waals surface area (Å²) in [7, 11) is 1.75. The van der Waals surface area contributed by atoms with E-state index in [1.54, 1.807) is 37.1 Å². The number of carbonyl (C=O) groups is 2. The normalized spacial score (nSPS) is 11.2. The van der Waals surface area contributed by atoms with E-state index >= 15 is 0 Å². The monoisotopic (exact) mass is 268 g/mol. The maximum Gasteiger partial charge on any atom is 0.247 e. The maximum atomic E-state index is 12.2. The van der Waals surface area contributed by atoms with Crippen LogP contribution in [0.15, 0.2) is 12.1 Å². The number of hydrogen-bond acceptors (Lipinski definition) is 3. The van der Waals surface area contributed by atoms with Crippen LogP contribution in [-0.4, -0.2) is 29.3 Å². The largest absolute Gasteiger partial charge is 0.342 e. The molecule has 100 valence electrons. The molecule has 0 fully saturated rings. The highest BCUT2D eigenvalue weighted by molar-refractivity contribution is 7.11. The number of nitrogens with zero attached hydrogens (tertiary/aromatic N) is 1. The van der Waals surface area contributed by atoms with Crippen LogP contribution in [0.3, 0.4) is 0 Å². The highest BCUT2D eigenvalue weighted by Crippen LogP contribution is 2.18. The zero-order valence-electron chi connectivity index (χ0n) is 11.5. The molecule has 1 rings (SSSR count). The SMILES string of the molecule is CC(=O)NC(C)(C)C(=O)N(C)Cc1ccc(C)s1. The van der Waals surface area contributed by atoms with Gasteiger partial charge < -0.3 is 10.2 Å². The Morgan fingerprint density at radius 2 is 2.00 bits per heavy atom. The molecule has 0 saturated heterocycles. The molecule has 1 aromatic rings. The van der Waals surface area contributed by atoms with Gasteiger partial charge in [-0.25, -0.2) is 0 Å². The van der Waals surface area contributed by atoms with Crippen molar-refractivity contribution in [1.29, 1.82) is 0 Å². The Morgan fingerprint density at radius 3 is 2.44 bits per heavy atom. The minimum absolute atomic E-state index is 0.0937. The van der Waals surface area contributed by atoms with Crippen LogP contribution in [0.1, 0.15) is 30.5 Å². The van der Waals surface area contributed by atoms with Crippen LogP contribution in [0, 0.1) is 6.92 Å². The summed E-state index contributed by atoms with van der Waals surface area (Å²) >= 11 is 1.68. The maximum absolute atomic E-state index is 12.2. The molecule has 0 aliphatic carbocycles. The van der Waals surface area contributed by atoms with Crippen molar-refractivity contribution in [2.45, 2.75) is 39.8 Å². The molecule has 2 amide bonds. The lowest BCUT2D eigenvalue weighted by Gasteiger charge is -2.29. The van der Waals surface area contributed by atoms with Gasteiger partial charge in [0, 0.05) is 23.7 Å². The topological polar surface area (TPSA) is 49.4 Å². The lowest BCUT2D eigenvalue weighted by Crippen LogP contribution is -2.54. The first-order chi connectivity index (χ1) is 8.22. The van der Waals surface area contributed by atoms with E-state index in [0.29, 0.717) is 6.54 Å². The van der Waals surface area contributed by atoms with Gasteiger partial charge in [-0.1, -0.05) is 0 Å². The van der Waals surface area contributed by atoms with E-state index in [9.17, 15) is 9.59 Å². The van der Waals surface area contributed by atoms with Crippen molar-refractivity contribution in [3.05, 3.63) is 21.9 Å². The van der Waals surface area contributed by atoms with E-state index in [1.165, 1.54) is 11.8 Å². The molecule has 4 nitrogen and oxygen atoms in total. The Hall–Kier alpha value is -1.36. The smallest absolute Gasteiger partial charge is 0.247 e. The van der Waals surface area contributed by atoms with Crippen LogP contribution in [0.25, 0.3) is 0 Å². The van der Waals surface area contributed by atoms with Crippen molar-refractivity contribution in [3.8, 4) is 0 Å². The summed E-state index contributed by atoms with van der Waals surface area (Å²) in [5, 5.41) is 2.66. The number of thiophene rings is 1. The zero-order chi connectivity index (χ0) is 13.9. The molecule has 1 aromatic heterocycles. The standard InChI is InChI=1S/C13H20N2O2S/c1-9-6-7-11(18-9)8-15(5)12(17)13(3,4)14-10(2)16/h6-7H,8H2,1-5H3,(H,14,16). The molecule has 0 radical (unpaired) electrons. The molecule has 5 heteroatoms. The lowest BCUT2D eigenvalue weighted by molar-refractivity contribution is -0.139. The molecule has 0 atom stereocenters. The van der Waals surface area contributed by atoms with Crippen LogP contribution >= 0.6 is 11.3 Å². The summed E-state index contributed by atoms with van der Waals surface area (Å²) in [5.74, 6) is -0.294. The van der Waals surface area contributed by atoms with Crippen molar-refractivity contribution >= 4 is 23.2 Å². The second-order valence-electron chi connectivity index (χ2n) is 4.98. The van der Waals surface area contributed by atoms with E-state index < -0.39 is 5.54 Å². The van der Waals surface area contributed by atoms with Gasteiger partial charge in [-0.3, -0.25) is 9.59 Å². The van der Waals surface area contributed by atoms with Crippen LogP contribution in [0.2, 0.25) is 0 Å². The summed E-state index contributed by atoms with van der Waals surface area (Å²) in [5.41, 5.74) is -0.868. The number of amides is 2. The first kappa shape index (κ1) is 14.7. The van der Waals surface area contributed by atoms with Crippen molar-refractivity contribution in [1.82, 2.24) is 10.2 Å². The first-order valence-corrected chi connectivity index (χ1v) is 6.63. The van der Waals surface area contributed by atoms with Gasteiger partial charge >= 0.3 is 0 Å². The Morgan fingerprint density at radius 1 is 1.39 bits per heavy atom. The van der Waals surface area contributed by atoms with E-state index in [-0.39, 0.29) is 11.8 Å². The van der Waals surface area contributed by atoms with Gasteiger partial charge in [0.2, 0.25) is 11.8 Å². The molecule has 0 unspecified atom stereocenters. The van der Waals surface area contributed by atoms with Crippen molar-refractivity contribution < 1.29 is 9.59 Å². The predicted molar refractivity (Wildman–Crippen MR) is 73.4 cm³/mol. The van der Waals surface area contributed by atoms with Crippen LogP contribution in [-0.2, 0) is 16.1 Å². The highest BCUT2D eigenvalue weighted by atomic mass is 32.1. The molecule has 0 saturated carbocycles. The summed E-state index contributed by atoms with van der Waals surface area (Å²) in [6.45, 7) is 7.45. The fraction of sp³-hybridized carbons (Fsp3) is 0.538. The van der Waals surface area contributed by atoms with Gasteiger partial charge in [0.25, 0.3) is 0 Å². The number of aryl methyl sites for hydroxylation is 1. The van der Waals surface area contributed by atoms with Crippen molar-refractivity contribution in [3.63, 3.8) is 0 Å². The van der Waals surface area contributed by atoms with Gasteiger partial charge in [0.05, 0.1) is 6.54 Å². The minimum atomic E-state index is -0.868. The van der Waals surface area contributed by atoms with Gasteiger partial charge in [-0.2, -0.15) is 0 Å². The third-order valence-corrected chi connectivity index (χ3v) is 3.54. The average molecular weight is 268 g/mol. The molecular weight excluding hydrogens is 248 g/mol. The Labute approximate surface area is 112 Å². The zero-order valence-corrected chi connectivity index (χ0v) is 12.4. The van der Waals surface area contributed by atoms with E-state index in [0.717, 1.165) is 4.88 Å². The second-order valence-corrected chi connectivity index (χ2v) is 6.35. The fourth-order valence-corrected chi connectivity index (χ4v) is 2.79. The molecule has 18 heavy (non-hydrogen) atoms. The number of carbonyl (C=O) groups excluding carboxylic acids is 2. The molecular formula is C13H20N2O2S. The van der Waals surface area contributed by atoms with E-state index in [1.807, 2.05) is 19.1 Å². The number of hydrogen-bond donors (Lipinski definition) is 1. The summed E-state index contributed by atoms with van der Waals surface area (Å²) in [6.07, 6.45) is 0. The Bertz CT molecular complexity index is 452. The highest BCUT2D eigenvalue weighted by Gasteiger charge is 2.31. The molecule has 0 spiro atoms. The van der Waals surface area contributed by atoms with Crippen molar-refractivity contribution in [2.75, 3.05) is 7.05 Å². The van der Waals surface area contributed by atoms with Gasteiger partial charge in [0.15, 0.2) is 0 Å². The van der Waals surface area contributed by atoms with Gasteiger partial charge in [0.1, 0.15) is 5.54 Å². The van der Waals surface area contributed by atoms with E-state index in [4.69, 9.17) is 0 Å². The average Bonchev–Trinajstić information content (AvgIpc) is 2.60. The van der Waals surface area contributed by atoms with Crippen LogP contribution in [0.5, 0.6) is 0 Å². The van der Waals surface area contributed by atoms with Gasteiger partial charge in [-0.05, 0) is 32.9 Å². The lowest BCUT2D eigenvalue weighted by atomic mass is 10.0. The fourth-order valence-electron chi connectivity index (χ4n) is 1.85. The molecule has 1 N–H and O–H groups in total.